The SMILES string of the molecule is CCc1ccc(C(=O)C(=O)c2ccccc2)c(CC)c1CC. The van der Waals surface area contributed by atoms with Gasteiger partial charge in [0.05, 0.1) is 0 Å². The Labute approximate surface area is 132 Å². The van der Waals surface area contributed by atoms with E-state index in [1.54, 1.807) is 24.3 Å². The second kappa shape index (κ2) is 7.17. The summed E-state index contributed by atoms with van der Waals surface area (Å²) in [6.07, 6.45) is 2.59. The molecule has 0 aliphatic rings. The van der Waals surface area contributed by atoms with Gasteiger partial charge in [0, 0.05) is 11.1 Å². The highest BCUT2D eigenvalue weighted by Gasteiger charge is 2.22. The van der Waals surface area contributed by atoms with Crippen LogP contribution in [0.1, 0.15) is 58.2 Å². The minimum absolute atomic E-state index is 0.402. The van der Waals surface area contributed by atoms with Crippen LogP contribution >= 0.6 is 0 Å². The van der Waals surface area contributed by atoms with E-state index in [0.717, 1.165) is 24.8 Å². The van der Waals surface area contributed by atoms with Gasteiger partial charge in [-0.25, -0.2) is 0 Å². The monoisotopic (exact) mass is 294 g/mol. The van der Waals surface area contributed by atoms with Gasteiger partial charge in [0.2, 0.25) is 11.6 Å². The van der Waals surface area contributed by atoms with Crippen molar-refractivity contribution in [3.8, 4) is 0 Å². The molecule has 0 aliphatic carbocycles. The van der Waals surface area contributed by atoms with E-state index in [2.05, 4.69) is 13.8 Å². The highest BCUT2D eigenvalue weighted by atomic mass is 16.2. The van der Waals surface area contributed by atoms with Crippen molar-refractivity contribution >= 4 is 11.6 Å². The van der Waals surface area contributed by atoms with Crippen molar-refractivity contribution in [1.82, 2.24) is 0 Å². The molecule has 0 radical (unpaired) electrons. The van der Waals surface area contributed by atoms with E-state index in [4.69, 9.17) is 0 Å². The van der Waals surface area contributed by atoms with Crippen molar-refractivity contribution in [2.45, 2.75) is 40.0 Å². The van der Waals surface area contributed by atoms with E-state index >= 15 is 0 Å². The van der Waals surface area contributed by atoms with Crippen molar-refractivity contribution in [3.63, 3.8) is 0 Å². The summed E-state index contributed by atoms with van der Waals surface area (Å²) in [7, 11) is 0. The number of aryl methyl sites for hydroxylation is 1. The Bertz CT molecular complexity index is 684. The molecule has 22 heavy (non-hydrogen) atoms. The van der Waals surface area contributed by atoms with E-state index in [1.165, 1.54) is 11.1 Å². The van der Waals surface area contributed by atoms with Crippen LogP contribution in [0.2, 0.25) is 0 Å². The van der Waals surface area contributed by atoms with Crippen LogP contribution in [0, 0.1) is 0 Å². The third-order valence-electron chi connectivity index (χ3n) is 4.10. The highest BCUT2D eigenvalue weighted by Crippen LogP contribution is 2.23. The predicted molar refractivity (Wildman–Crippen MR) is 89.7 cm³/mol. The minimum atomic E-state index is -0.429. The molecule has 2 heteroatoms. The lowest BCUT2D eigenvalue weighted by atomic mass is 9.88. The van der Waals surface area contributed by atoms with Gasteiger partial charge in [0.15, 0.2) is 0 Å². The van der Waals surface area contributed by atoms with Crippen molar-refractivity contribution < 1.29 is 9.59 Å². The molecular weight excluding hydrogens is 272 g/mol. The van der Waals surface area contributed by atoms with Crippen LogP contribution < -0.4 is 0 Å². The summed E-state index contributed by atoms with van der Waals surface area (Å²) in [6.45, 7) is 6.25. The Kier molecular flexibility index (Phi) is 5.26. The molecule has 2 nitrogen and oxygen atoms in total. The van der Waals surface area contributed by atoms with Gasteiger partial charge in [-0.2, -0.15) is 0 Å². The van der Waals surface area contributed by atoms with Crippen LogP contribution in [-0.4, -0.2) is 11.6 Å². The van der Waals surface area contributed by atoms with Crippen LogP contribution in [0.4, 0.5) is 0 Å². The quantitative estimate of drug-likeness (QED) is 0.583. The molecule has 0 unspecified atom stereocenters. The zero-order valence-corrected chi connectivity index (χ0v) is 13.5. The number of carbonyl (C=O) groups is 2. The maximum absolute atomic E-state index is 12.6. The molecule has 0 aromatic heterocycles. The van der Waals surface area contributed by atoms with Crippen molar-refractivity contribution in [3.05, 3.63) is 70.3 Å². The predicted octanol–water partition coefficient (Wildman–Crippen LogP) is 4.44. The molecule has 0 heterocycles. The van der Waals surface area contributed by atoms with Gasteiger partial charge in [-0.05, 0) is 36.0 Å². The summed E-state index contributed by atoms with van der Waals surface area (Å²) in [6, 6.07) is 12.6. The summed E-state index contributed by atoms with van der Waals surface area (Å²) in [4.78, 5) is 25.1. The highest BCUT2D eigenvalue weighted by molar-refractivity contribution is 6.49. The average Bonchev–Trinajstić information content (AvgIpc) is 2.59. The second-order valence-electron chi connectivity index (χ2n) is 5.31. The summed E-state index contributed by atoms with van der Waals surface area (Å²) < 4.78 is 0. The van der Waals surface area contributed by atoms with Gasteiger partial charge in [-0.15, -0.1) is 0 Å². The molecule has 0 amide bonds. The Morgan fingerprint density at radius 3 is 1.91 bits per heavy atom. The molecule has 114 valence electrons. The fourth-order valence-corrected chi connectivity index (χ4v) is 2.97. The molecule has 2 rings (SSSR count). The van der Waals surface area contributed by atoms with Crippen LogP contribution in [0.15, 0.2) is 42.5 Å². The van der Waals surface area contributed by atoms with Crippen LogP contribution in [0.25, 0.3) is 0 Å². The fourth-order valence-electron chi connectivity index (χ4n) is 2.97. The molecule has 0 saturated carbocycles. The smallest absolute Gasteiger partial charge is 0.233 e. The molecule has 2 aromatic rings. The van der Waals surface area contributed by atoms with Gasteiger partial charge in [-0.1, -0.05) is 63.2 Å². The molecule has 0 atom stereocenters. The molecular formula is C20H22O2. The van der Waals surface area contributed by atoms with Crippen molar-refractivity contribution in [2.24, 2.45) is 0 Å². The van der Waals surface area contributed by atoms with E-state index in [0.29, 0.717) is 11.1 Å². The molecule has 2 aromatic carbocycles. The maximum atomic E-state index is 12.6. The lowest BCUT2D eigenvalue weighted by molar-refractivity contribution is 0.0816. The van der Waals surface area contributed by atoms with E-state index in [-0.39, 0.29) is 0 Å². The van der Waals surface area contributed by atoms with Gasteiger partial charge in [0.1, 0.15) is 0 Å². The first-order chi connectivity index (χ1) is 10.6. The number of ketones is 2. The number of benzene rings is 2. The summed E-state index contributed by atoms with van der Waals surface area (Å²) in [5.74, 6) is -0.831. The largest absolute Gasteiger partial charge is 0.285 e. The van der Waals surface area contributed by atoms with E-state index < -0.39 is 11.6 Å². The number of rotatable bonds is 6. The molecule has 0 spiro atoms. The molecule has 0 N–H and O–H groups in total. The number of hydrogen-bond donors (Lipinski definition) is 0. The zero-order valence-electron chi connectivity index (χ0n) is 13.5. The second-order valence-corrected chi connectivity index (χ2v) is 5.31. The normalized spacial score (nSPS) is 10.5. The average molecular weight is 294 g/mol. The van der Waals surface area contributed by atoms with Gasteiger partial charge >= 0.3 is 0 Å². The molecule has 0 fully saturated rings. The number of carbonyl (C=O) groups excluding carboxylic acids is 2. The Balaban J connectivity index is 2.48. The summed E-state index contributed by atoms with van der Waals surface area (Å²) in [5, 5.41) is 0. The first-order valence-corrected chi connectivity index (χ1v) is 7.91. The first kappa shape index (κ1) is 16.2. The molecule has 0 aliphatic heterocycles. The van der Waals surface area contributed by atoms with E-state index in [9.17, 15) is 9.59 Å². The van der Waals surface area contributed by atoms with Gasteiger partial charge in [0.25, 0.3) is 0 Å². The van der Waals surface area contributed by atoms with Crippen LogP contribution in [0.5, 0.6) is 0 Å². The summed E-state index contributed by atoms with van der Waals surface area (Å²) >= 11 is 0. The summed E-state index contributed by atoms with van der Waals surface area (Å²) in [5.41, 5.74) is 4.52. The van der Waals surface area contributed by atoms with Crippen molar-refractivity contribution in [2.75, 3.05) is 0 Å². The number of hydrogen-bond acceptors (Lipinski definition) is 2. The van der Waals surface area contributed by atoms with E-state index in [1.807, 2.05) is 25.1 Å². The molecule has 0 bridgehead atoms. The zero-order chi connectivity index (χ0) is 16.1. The number of Topliss-reactive ketones (excluding diaryl/α,β-unsaturated/α-hetero) is 2. The lowest BCUT2D eigenvalue weighted by Gasteiger charge is -2.15. The minimum Gasteiger partial charge on any atom is -0.285 e. The Morgan fingerprint density at radius 2 is 1.36 bits per heavy atom. The molecule has 0 saturated heterocycles. The van der Waals surface area contributed by atoms with Crippen LogP contribution in [0.3, 0.4) is 0 Å². The van der Waals surface area contributed by atoms with Gasteiger partial charge < -0.3 is 0 Å². The third kappa shape index (κ3) is 3.01. The van der Waals surface area contributed by atoms with Crippen molar-refractivity contribution in [1.29, 1.82) is 0 Å². The van der Waals surface area contributed by atoms with Crippen LogP contribution in [-0.2, 0) is 19.3 Å². The lowest BCUT2D eigenvalue weighted by Crippen LogP contribution is -2.17. The first-order valence-electron chi connectivity index (χ1n) is 7.91. The standard InChI is InChI=1S/C20H22O2/c1-4-14-12-13-18(17(6-3)16(14)5-2)20(22)19(21)15-10-8-7-9-11-15/h7-13H,4-6H2,1-3H3. The topological polar surface area (TPSA) is 34.1 Å². The fraction of sp³-hybridized carbons (Fsp3) is 0.300. The maximum Gasteiger partial charge on any atom is 0.233 e. The Hall–Kier alpha value is -2.22. The Morgan fingerprint density at radius 1 is 0.727 bits per heavy atom. The third-order valence-corrected chi connectivity index (χ3v) is 4.10. The van der Waals surface area contributed by atoms with Gasteiger partial charge in [-0.3, -0.25) is 9.59 Å².